The summed E-state index contributed by atoms with van der Waals surface area (Å²) < 4.78 is 11.2. The van der Waals surface area contributed by atoms with Gasteiger partial charge < -0.3 is 19.3 Å². The number of aryl methyl sites for hydroxylation is 3. The van der Waals surface area contributed by atoms with Gasteiger partial charge in [-0.1, -0.05) is 55.8 Å². The Morgan fingerprint density at radius 3 is 1.49 bits per heavy atom. The molecule has 0 saturated carbocycles. The molecule has 0 spiro atoms. The summed E-state index contributed by atoms with van der Waals surface area (Å²) in [7, 11) is 3.43. The normalized spacial score (nSPS) is 16.0. The van der Waals surface area contributed by atoms with Gasteiger partial charge in [-0.05, 0) is 86.4 Å². The summed E-state index contributed by atoms with van der Waals surface area (Å²) in [5.74, 6) is 0.467. The van der Waals surface area contributed by atoms with Crippen LogP contribution >= 0.6 is 15.9 Å². The third-order valence-electron chi connectivity index (χ3n) is 8.68. The van der Waals surface area contributed by atoms with Gasteiger partial charge >= 0.3 is 6.15 Å². The second kappa shape index (κ2) is 17.2. The molecule has 0 saturated heterocycles. The van der Waals surface area contributed by atoms with Crippen LogP contribution in [0.15, 0.2) is 28.7 Å². The highest BCUT2D eigenvalue weighted by atomic mass is 79.9. The molecule has 8 nitrogen and oxygen atoms in total. The molecule has 2 aliphatic heterocycles. The standard InChI is InChI=1S/C18H27NO2.C17H24BrNO2.CO2/c1-13-10-15-16(11-14(13)2)19(8-6-7-9-21-5)17(20)12-18(15,3)4;1-12-9-13-15(10-14(12)18)19(7-5-6-8-21-4)16(20)11-17(13,2)3;2-1-3/h10-11H,6-9,12H2,1-5H3;9-10H,5-8,11H2,1-4H3;. The van der Waals surface area contributed by atoms with E-state index in [1.165, 1.54) is 27.8 Å². The molecule has 0 N–H and O–H groups in total. The summed E-state index contributed by atoms with van der Waals surface area (Å²) in [6, 6.07) is 8.76. The summed E-state index contributed by atoms with van der Waals surface area (Å²) >= 11 is 3.59. The van der Waals surface area contributed by atoms with Gasteiger partial charge in [0, 0.05) is 80.0 Å². The fourth-order valence-electron chi connectivity index (χ4n) is 5.93. The number of carbonyl (C=O) groups excluding carboxylic acids is 4. The maximum atomic E-state index is 12.5. The summed E-state index contributed by atoms with van der Waals surface area (Å²) in [6.07, 6.45) is 5.32. The largest absolute Gasteiger partial charge is 0.385 e. The first-order valence-electron chi connectivity index (χ1n) is 15.6. The highest BCUT2D eigenvalue weighted by Gasteiger charge is 2.38. The van der Waals surface area contributed by atoms with Crippen molar-refractivity contribution in [2.45, 2.75) is 97.8 Å². The van der Waals surface area contributed by atoms with Crippen molar-refractivity contribution in [3.8, 4) is 0 Å². The van der Waals surface area contributed by atoms with Gasteiger partial charge in [-0.25, -0.2) is 0 Å². The lowest BCUT2D eigenvalue weighted by Gasteiger charge is -2.39. The number of carbonyl (C=O) groups is 2. The number of nitrogens with zero attached hydrogens (tertiary/aromatic N) is 2. The van der Waals surface area contributed by atoms with Gasteiger partial charge in [0.2, 0.25) is 11.8 Å². The predicted octanol–water partition coefficient (Wildman–Crippen LogP) is 7.36. The van der Waals surface area contributed by atoms with E-state index in [1.807, 2.05) is 9.80 Å². The Morgan fingerprint density at radius 1 is 0.689 bits per heavy atom. The minimum absolute atomic E-state index is 0.0755. The predicted molar refractivity (Wildman–Crippen MR) is 182 cm³/mol. The Kier molecular flexibility index (Phi) is 14.6. The van der Waals surface area contributed by atoms with E-state index in [1.54, 1.807) is 14.2 Å². The first-order valence-corrected chi connectivity index (χ1v) is 16.4. The molecule has 0 fully saturated rings. The maximum Gasteiger partial charge on any atom is 0.373 e. The number of unbranched alkanes of at least 4 members (excludes halogenated alkanes) is 2. The van der Waals surface area contributed by atoms with Crippen LogP contribution < -0.4 is 9.80 Å². The van der Waals surface area contributed by atoms with Crippen molar-refractivity contribution in [1.29, 1.82) is 0 Å². The van der Waals surface area contributed by atoms with Crippen LogP contribution in [0, 0.1) is 20.8 Å². The summed E-state index contributed by atoms with van der Waals surface area (Å²) in [4.78, 5) is 45.2. The summed E-state index contributed by atoms with van der Waals surface area (Å²) in [6.45, 7) is 18.1. The van der Waals surface area contributed by atoms with Crippen LogP contribution in [-0.4, -0.2) is 58.5 Å². The van der Waals surface area contributed by atoms with E-state index >= 15 is 0 Å². The number of anilines is 2. The first-order chi connectivity index (χ1) is 21.1. The molecular formula is C36H51BrN2O6. The molecule has 2 heterocycles. The molecular weight excluding hydrogens is 636 g/mol. The van der Waals surface area contributed by atoms with Crippen molar-refractivity contribution in [1.82, 2.24) is 0 Å². The van der Waals surface area contributed by atoms with Crippen LogP contribution in [0.2, 0.25) is 0 Å². The highest BCUT2D eigenvalue weighted by Crippen LogP contribution is 2.43. The van der Waals surface area contributed by atoms with E-state index in [0.717, 1.165) is 67.8 Å². The quantitative estimate of drug-likeness (QED) is 0.243. The van der Waals surface area contributed by atoms with Gasteiger partial charge in [-0.3, -0.25) is 9.59 Å². The molecule has 0 radical (unpaired) electrons. The van der Waals surface area contributed by atoms with Gasteiger partial charge in [-0.15, -0.1) is 0 Å². The van der Waals surface area contributed by atoms with Gasteiger partial charge in [0.1, 0.15) is 0 Å². The summed E-state index contributed by atoms with van der Waals surface area (Å²) in [5, 5.41) is 0. The molecule has 248 valence electrons. The zero-order valence-corrected chi connectivity index (χ0v) is 30.2. The van der Waals surface area contributed by atoms with E-state index in [4.69, 9.17) is 19.1 Å². The Bertz CT molecular complexity index is 1270. The third-order valence-corrected chi connectivity index (χ3v) is 9.53. The van der Waals surface area contributed by atoms with Gasteiger partial charge in [0.15, 0.2) is 0 Å². The molecule has 0 atom stereocenters. The SMILES string of the molecule is COCCCCN1C(=O)CC(C)(C)c2cc(C)c(Br)cc21.COCCCCN1C(=O)CC(C)(C)c2cc(C)c(C)cc21.O=C=O. The van der Waals surface area contributed by atoms with E-state index in [2.05, 4.69) is 88.7 Å². The molecule has 0 aliphatic carbocycles. The topological polar surface area (TPSA) is 93.2 Å². The smallest absolute Gasteiger partial charge is 0.373 e. The lowest BCUT2D eigenvalue weighted by atomic mass is 9.76. The average molecular weight is 688 g/mol. The van der Waals surface area contributed by atoms with Gasteiger partial charge in [0.05, 0.1) is 0 Å². The Morgan fingerprint density at radius 2 is 1.07 bits per heavy atom. The minimum Gasteiger partial charge on any atom is -0.385 e. The lowest BCUT2D eigenvalue weighted by molar-refractivity contribution is -0.191. The maximum absolute atomic E-state index is 12.5. The average Bonchev–Trinajstić information content (AvgIpc) is 2.95. The first kappa shape index (κ1) is 38.3. The van der Waals surface area contributed by atoms with Gasteiger partial charge in [0.25, 0.3) is 0 Å². The van der Waals surface area contributed by atoms with Crippen molar-refractivity contribution >= 4 is 45.3 Å². The number of amides is 2. The molecule has 0 aromatic heterocycles. The molecule has 45 heavy (non-hydrogen) atoms. The van der Waals surface area contributed by atoms with Crippen LogP contribution in [0.1, 0.15) is 94.0 Å². The van der Waals surface area contributed by atoms with E-state index < -0.39 is 0 Å². The number of rotatable bonds is 10. The Hall–Kier alpha value is -2.84. The number of ether oxygens (including phenoxy) is 2. The van der Waals surface area contributed by atoms with Crippen molar-refractivity contribution in [3.05, 3.63) is 56.6 Å². The highest BCUT2D eigenvalue weighted by molar-refractivity contribution is 9.10. The molecule has 2 aromatic rings. The minimum atomic E-state index is -0.0963. The van der Waals surface area contributed by atoms with Crippen LogP contribution in [0.5, 0.6) is 0 Å². The molecule has 0 bridgehead atoms. The summed E-state index contributed by atoms with van der Waals surface area (Å²) in [5.41, 5.74) is 8.34. The van der Waals surface area contributed by atoms with E-state index in [9.17, 15) is 9.59 Å². The fourth-order valence-corrected chi connectivity index (χ4v) is 6.26. The molecule has 4 rings (SSSR count). The zero-order valence-electron chi connectivity index (χ0n) is 28.6. The number of benzene rings is 2. The third kappa shape index (κ3) is 10.1. The number of fused-ring (bicyclic) bond motifs is 2. The zero-order chi connectivity index (χ0) is 33.9. The number of hydrogen-bond donors (Lipinski definition) is 0. The van der Waals surface area contributed by atoms with E-state index in [0.29, 0.717) is 12.8 Å². The lowest BCUT2D eigenvalue weighted by Crippen LogP contribution is -2.42. The van der Waals surface area contributed by atoms with Crippen LogP contribution in [0.25, 0.3) is 0 Å². The molecule has 2 aromatic carbocycles. The van der Waals surface area contributed by atoms with Crippen molar-refractivity contribution in [2.24, 2.45) is 0 Å². The van der Waals surface area contributed by atoms with Crippen LogP contribution in [0.3, 0.4) is 0 Å². The second-order valence-electron chi connectivity index (χ2n) is 13.3. The van der Waals surface area contributed by atoms with Crippen LogP contribution in [0.4, 0.5) is 11.4 Å². The fraction of sp³-hybridized carbons (Fsp3) is 0.583. The van der Waals surface area contributed by atoms with E-state index in [-0.39, 0.29) is 28.8 Å². The number of methoxy groups -OCH3 is 2. The van der Waals surface area contributed by atoms with Crippen LogP contribution in [-0.2, 0) is 39.5 Å². The van der Waals surface area contributed by atoms with Crippen molar-refractivity contribution < 1.29 is 28.7 Å². The second-order valence-corrected chi connectivity index (χ2v) is 14.1. The van der Waals surface area contributed by atoms with Crippen molar-refractivity contribution in [2.75, 3.05) is 50.3 Å². The molecule has 2 amide bonds. The Labute approximate surface area is 278 Å². The number of halogens is 1. The molecule has 9 heteroatoms. The molecule has 2 aliphatic rings. The molecule has 0 unspecified atom stereocenters. The van der Waals surface area contributed by atoms with Gasteiger partial charge in [-0.2, -0.15) is 9.59 Å². The Balaban J connectivity index is 0.000000288. The monoisotopic (exact) mass is 686 g/mol. The number of hydrogen-bond acceptors (Lipinski definition) is 6. The van der Waals surface area contributed by atoms with Crippen molar-refractivity contribution in [3.63, 3.8) is 0 Å².